The molecule has 2 aromatic rings. The number of rotatable bonds is 3. The van der Waals surface area contributed by atoms with Gasteiger partial charge >= 0.3 is 0 Å². The Balaban J connectivity index is 2.08. The van der Waals surface area contributed by atoms with Crippen molar-refractivity contribution in [1.82, 2.24) is 0 Å². The lowest BCUT2D eigenvalue weighted by molar-refractivity contribution is -0.112. The first-order valence-corrected chi connectivity index (χ1v) is 6.80. The quantitative estimate of drug-likeness (QED) is 0.643. The Bertz CT molecular complexity index is 749. The second kappa shape index (κ2) is 5.54. The summed E-state index contributed by atoms with van der Waals surface area (Å²) in [7, 11) is 0. The van der Waals surface area contributed by atoms with Crippen molar-refractivity contribution in [3.8, 4) is 5.75 Å². The molecule has 0 aromatic heterocycles. The Labute approximate surface area is 126 Å². The molecule has 1 aliphatic heterocycles. The number of halogens is 1. The van der Waals surface area contributed by atoms with Crippen molar-refractivity contribution >= 4 is 29.7 Å². The van der Waals surface area contributed by atoms with E-state index in [4.69, 9.17) is 16.3 Å². The number of benzene rings is 2. The van der Waals surface area contributed by atoms with Crippen molar-refractivity contribution in [2.45, 2.75) is 6.10 Å². The maximum Gasteiger partial charge on any atom is 0.194 e. The molecule has 0 N–H and O–H groups in total. The highest BCUT2D eigenvalue weighted by atomic mass is 35.5. The van der Waals surface area contributed by atoms with E-state index in [1.165, 1.54) is 0 Å². The normalized spacial score (nSPS) is 16.4. The van der Waals surface area contributed by atoms with Crippen LogP contribution in [0.2, 0.25) is 5.02 Å². The first-order chi connectivity index (χ1) is 10.2. The van der Waals surface area contributed by atoms with E-state index in [-0.39, 0.29) is 11.4 Å². The first-order valence-electron chi connectivity index (χ1n) is 6.42. The number of fused-ring (bicyclic) bond motifs is 1. The molecule has 3 rings (SSSR count). The zero-order valence-electron chi connectivity index (χ0n) is 11.0. The van der Waals surface area contributed by atoms with E-state index in [0.717, 1.165) is 5.56 Å². The van der Waals surface area contributed by atoms with Crippen LogP contribution in [-0.4, -0.2) is 18.2 Å². The highest BCUT2D eigenvalue weighted by Crippen LogP contribution is 2.31. The number of Topliss-reactive ketones (excluding diaryl/α,β-unsaturated/α-hetero) is 1. The van der Waals surface area contributed by atoms with Gasteiger partial charge in [-0.2, -0.15) is 0 Å². The number of carbonyl (C=O) groups is 2. The monoisotopic (exact) mass is 298 g/mol. The van der Waals surface area contributed by atoms with Gasteiger partial charge in [-0.05, 0) is 24.3 Å². The smallest absolute Gasteiger partial charge is 0.194 e. The third kappa shape index (κ3) is 2.48. The fourth-order valence-electron chi connectivity index (χ4n) is 2.25. The molecular weight excluding hydrogens is 288 g/mol. The van der Waals surface area contributed by atoms with Gasteiger partial charge in [0.2, 0.25) is 0 Å². The Kier molecular flexibility index (Phi) is 3.59. The topological polar surface area (TPSA) is 43.4 Å². The number of hydrogen-bond donors (Lipinski definition) is 0. The van der Waals surface area contributed by atoms with Crippen LogP contribution in [0, 0.1) is 0 Å². The summed E-state index contributed by atoms with van der Waals surface area (Å²) in [5.74, 6) is 0.289. The van der Waals surface area contributed by atoms with Crippen LogP contribution in [0.4, 0.5) is 0 Å². The summed E-state index contributed by atoms with van der Waals surface area (Å²) >= 11 is 6.05. The maximum atomic E-state index is 12.6. The Morgan fingerprint density at radius 1 is 1.10 bits per heavy atom. The molecule has 1 aliphatic rings. The number of ketones is 1. The molecule has 1 heterocycles. The fourth-order valence-corrected chi connectivity index (χ4v) is 2.48. The van der Waals surface area contributed by atoms with Crippen molar-refractivity contribution < 1.29 is 14.3 Å². The molecule has 3 nitrogen and oxygen atoms in total. The summed E-state index contributed by atoms with van der Waals surface area (Å²) in [6.07, 6.45) is 1.39. The second-order valence-corrected chi connectivity index (χ2v) is 5.03. The van der Waals surface area contributed by atoms with Gasteiger partial charge in [-0.15, -0.1) is 0 Å². The average Bonchev–Trinajstić information content (AvgIpc) is 2.53. The lowest BCUT2D eigenvalue weighted by Gasteiger charge is -2.22. The van der Waals surface area contributed by atoms with E-state index in [2.05, 4.69) is 0 Å². The van der Waals surface area contributed by atoms with Crippen LogP contribution in [0.1, 0.15) is 15.9 Å². The molecule has 0 saturated heterocycles. The minimum atomic E-state index is -0.913. The van der Waals surface area contributed by atoms with Gasteiger partial charge in [-0.25, -0.2) is 0 Å². The van der Waals surface area contributed by atoms with Crippen molar-refractivity contribution in [2.24, 2.45) is 0 Å². The molecule has 0 spiro atoms. The highest BCUT2D eigenvalue weighted by molar-refractivity contribution is 6.35. The Hall–Kier alpha value is -2.39. The summed E-state index contributed by atoms with van der Waals surface area (Å²) in [4.78, 5) is 23.9. The summed E-state index contributed by atoms with van der Waals surface area (Å²) in [5.41, 5.74) is 1.42. The average molecular weight is 299 g/mol. The largest absolute Gasteiger partial charge is 0.477 e. The van der Waals surface area contributed by atoms with Gasteiger partial charge < -0.3 is 4.74 Å². The minimum absolute atomic E-state index is 0.289. The number of hydrogen-bond acceptors (Lipinski definition) is 3. The van der Waals surface area contributed by atoms with Crippen molar-refractivity contribution in [3.63, 3.8) is 0 Å². The highest BCUT2D eigenvalue weighted by Gasteiger charge is 2.28. The molecule has 0 saturated carbocycles. The predicted molar refractivity (Wildman–Crippen MR) is 80.7 cm³/mol. The maximum absolute atomic E-state index is 12.6. The molecule has 0 aliphatic carbocycles. The predicted octanol–water partition coefficient (Wildman–Crippen LogP) is 3.57. The molecule has 0 amide bonds. The first kappa shape index (κ1) is 13.6. The fraction of sp³-hybridized carbons (Fsp3) is 0.0588. The molecule has 4 heteroatoms. The molecule has 2 aromatic carbocycles. The number of para-hydroxylation sites is 1. The summed E-state index contributed by atoms with van der Waals surface area (Å²) in [5, 5.41) is 0.354. The summed E-state index contributed by atoms with van der Waals surface area (Å²) in [6.45, 7) is 0. The molecule has 1 atom stereocenters. The van der Waals surface area contributed by atoms with E-state index in [0.29, 0.717) is 22.6 Å². The van der Waals surface area contributed by atoms with Crippen molar-refractivity contribution in [3.05, 3.63) is 70.3 Å². The molecule has 1 unspecified atom stereocenters. The number of aldehydes is 1. The molecule has 104 valence electrons. The van der Waals surface area contributed by atoms with Gasteiger partial charge in [0.15, 0.2) is 18.2 Å². The molecule has 21 heavy (non-hydrogen) atoms. The summed E-state index contributed by atoms with van der Waals surface area (Å²) in [6, 6.07) is 14.0. The van der Waals surface area contributed by atoms with Crippen LogP contribution in [0.5, 0.6) is 5.75 Å². The van der Waals surface area contributed by atoms with Crippen molar-refractivity contribution in [2.75, 3.05) is 0 Å². The third-order valence-corrected chi connectivity index (χ3v) is 3.62. The third-order valence-electron chi connectivity index (χ3n) is 3.29. The minimum Gasteiger partial charge on any atom is -0.477 e. The van der Waals surface area contributed by atoms with Crippen LogP contribution < -0.4 is 4.74 Å². The SMILES string of the molecule is O=CC1Oc2ccccc2C=C1C(=O)c1ccccc1Cl. The summed E-state index contributed by atoms with van der Waals surface area (Å²) < 4.78 is 5.58. The van der Waals surface area contributed by atoms with E-state index in [9.17, 15) is 9.59 Å². The standard InChI is InChI=1S/C17H11ClO3/c18-14-7-3-2-6-12(14)17(20)13-9-11-5-1-4-8-15(11)21-16(13)10-19/h1-10,16H. The lowest BCUT2D eigenvalue weighted by atomic mass is 9.95. The van der Waals surface area contributed by atoms with Gasteiger partial charge in [0, 0.05) is 16.7 Å². The van der Waals surface area contributed by atoms with Crippen LogP contribution in [-0.2, 0) is 4.79 Å². The van der Waals surface area contributed by atoms with Crippen LogP contribution in [0.25, 0.3) is 6.08 Å². The van der Waals surface area contributed by atoms with E-state index in [1.54, 1.807) is 36.4 Å². The molecule has 0 bridgehead atoms. The second-order valence-electron chi connectivity index (χ2n) is 4.62. The zero-order valence-corrected chi connectivity index (χ0v) is 11.7. The Morgan fingerprint density at radius 3 is 2.57 bits per heavy atom. The van der Waals surface area contributed by atoms with Gasteiger partial charge in [0.25, 0.3) is 0 Å². The molecule has 0 radical (unpaired) electrons. The Morgan fingerprint density at radius 2 is 1.81 bits per heavy atom. The van der Waals surface area contributed by atoms with Crippen molar-refractivity contribution in [1.29, 1.82) is 0 Å². The zero-order chi connectivity index (χ0) is 14.8. The van der Waals surface area contributed by atoms with E-state index >= 15 is 0 Å². The lowest BCUT2D eigenvalue weighted by Crippen LogP contribution is -2.28. The van der Waals surface area contributed by atoms with E-state index < -0.39 is 6.10 Å². The molecule has 0 fully saturated rings. The number of ether oxygens (including phenoxy) is 1. The van der Waals surface area contributed by atoms with Gasteiger partial charge in [-0.1, -0.05) is 41.9 Å². The van der Waals surface area contributed by atoms with Gasteiger partial charge in [0.1, 0.15) is 5.75 Å². The number of carbonyl (C=O) groups excluding carboxylic acids is 2. The van der Waals surface area contributed by atoms with Crippen LogP contribution in [0.15, 0.2) is 54.1 Å². The van der Waals surface area contributed by atoms with Gasteiger partial charge in [0.05, 0.1) is 5.02 Å². The van der Waals surface area contributed by atoms with Crippen LogP contribution >= 0.6 is 11.6 Å². The van der Waals surface area contributed by atoms with E-state index in [1.807, 2.05) is 18.2 Å². The molecular formula is C17H11ClO3. The van der Waals surface area contributed by atoms with Gasteiger partial charge in [-0.3, -0.25) is 9.59 Å². The van der Waals surface area contributed by atoms with Crippen LogP contribution in [0.3, 0.4) is 0 Å².